The molecule has 0 aliphatic heterocycles. The van der Waals surface area contributed by atoms with E-state index in [0.717, 1.165) is 5.32 Å². The van der Waals surface area contributed by atoms with Crippen LogP contribution in [0.5, 0.6) is 0 Å². The lowest BCUT2D eigenvalue weighted by Gasteiger charge is -2.12. The van der Waals surface area contributed by atoms with Gasteiger partial charge in [0.05, 0.1) is 10.8 Å². The van der Waals surface area contributed by atoms with Crippen LogP contribution >= 0.6 is 0 Å². The molecule has 0 unspecified atom stereocenters. The van der Waals surface area contributed by atoms with Gasteiger partial charge >= 0.3 is 12.1 Å². The van der Waals surface area contributed by atoms with Gasteiger partial charge in [-0.05, 0) is 0 Å². The van der Waals surface area contributed by atoms with E-state index in [4.69, 9.17) is 0 Å². The zero-order chi connectivity index (χ0) is 17.7. The minimum atomic E-state index is -5.55. The fraction of sp³-hybridized carbons (Fsp3) is 0.0909. The van der Waals surface area contributed by atoms with E-state index in [0.29, 0.717) is 0 Å². The van der Waals surface area contributed by atoms with Gasteiger partial charge in [0, 0.05) is 0 Å². The Balaban J connectivity index is 2.87. The number of aromatic nitrogens is 1. The van der Waals surface area contributed by atoms with E-state index in [9.17, 15) is 44.3 Å². The number of hydrogen-bond donors (Lipinski definition) is 1. The molecule has 0 saturated carbocycles. The van der Waals surface area contributed by atoms with Crippen LogP contribution in [0.25, 0.3) is 10.8 Å². The summed E-state index contributed by atoms with van der Waals surface area (Å²) in [6.07, 6.45) is -5.55. The second-order valence-corrected chi connectivity index (χ2v) is 4.02. The molecule has 0 atom stereocenters. The van der Waals surface area contributed by atoms with Crippen LogP contribution in [0, 0.1) is 35.0 Å². The summed E-state index contributed by atoms with van der Waals surface area (Å²) in [7, 11) is 0. The summed E-state index contributed by atoms with van der Waals surface area (Å²) in [6.45, 7) is 0. The number of fused-ring (bicyclic) bond motifs is 1. The van der Waals surface area contributed by atoms with Crippen molar-refractivity contribution in [1.29, 1.82) is 0 Å². The summed E-state index contributed by atoms with van der Waals surface area (Å²) in [4.78, 5) is 13.2. The van der Waals surface area contributed by atoms with Crippen LogP contribution in [0.1, 0.15) is 0 Å². The molecule has 1 aromatic carbocycles. The van der Waals surface area contributed by atoms with Crippen molar-refractivity contribution in [2.75, 3.05) is 5.32 Å². The van der Waals surface area contributed by atoms with E-state index in [-0.39, 0.29) is 0 Å². The Labute approximate surface area is 119 Å². The van der Waals surface area contributed by atoms with Crippen molar-refractivity contribution >= 4 is 22.5 Å². The molecule has 0 aliphatic carbocycles. The number of nitrogens with zero attached hydrogens (tertiary/aromatic N) is 1. The van der Waals surface area contributed by atoms with Gasteiger partial charge < -0.3 is 5.32 Å². The Morgan fingerprint density at radius 2 is 1.26 bits per heavy atom. The second-order valence-electron chi connectivity index (χ2n) is 4.02. The number of rotatable bonds is 1. The normalized spacial score (nSPS) is 11.9. The molecular weight excluding hydrogens is 347 g/mol. The predicted octanol–water partition coefficient (Wildman–Crippen LogP) is 3.57. The molecule has 1 aromatic heterocycles. The van der Waals surface area contributed by atoms with Crippen LogP contribution in [-0.2, 0) is 4.79 Å². The SMILES string of the molecule is O=C(Nc1nc(F)c(F)c2c(F)c(F)c(F)c(F)c12)C(F)(F)F. The molecule has 2 aromatic rings. The van der Waals surface area contributed by atoms with Crippen LogP contribution in [-0.4, -0.2) is 17.1 Å². The van der Waals surface area contributed by atoms with E-state index < -0.39 is 63.7 Å². The number of pyridine rings is 1. The molecule has 1 heterocycles. The number of nitrogens with one attached hydrogen (secondary N) is 1. The Morgan fingerprint density at radius 1 is 0.783 bits per heavy atom. The fourth-order valence-corrected chi connectivity index (χ4v) is 1.64. The molecule has 0 aliphatic rings. The van der Waals surface area contributed by atoms with E-state index >= 15 is 0 Å². The van der Waals surface area contributed by atoms with Gasteiger partial charge in [0.1, 0.15) is 5.82 Å². The minimum Gasteiger partial charge on any atom is -0.302 e. The third-order valence-electron chi connectivity index (χ3n) is 2.60. The smallest absolute Gasteiger partial charge is 0.302 e. The standard InChI is InChI=1S/C11HF9N2O/c12-3-1-2(4(13)7(16)6(3)15)9(21-8(17)5(1)14)22-10(23)11(18,19)20/h(H,21,22,23). The van der Waals surface area contributed by atoms with E-state index in [1.807, 2.05) is 0 Å². The topological polar surface area (TPSA) is 42.0 Å². The summed E-state index contributed by atoms with van der Waals surface area (Å²) in [6, 6.07) is 0. The molecule has 0 saturated heterocycles. The van der Waals surface area contributed by atoms with Crippen LogP contribution in [0.2, 0.25) is 0 Å². The first-order valence-electron chi connectivity index (χ1n) is 5.35. The molecule has 0 bridgehead atoms. The van der Waals surface area contributed by atoms with Gasteiger partial charge in [-0.25, -0.2) is 22.0 Å². The monoisotopic (exact) mass is 348 g/mol. The Hall–Kier alpha value is -2.53. The average molecular weight is 348 g/mol. The first-order chi connectivity index (χ1) is 10.5. The number of benzene rings is 1. The number of alkyl halides is 3. The quantitative estimate of drug-likeness (QED) is 0.371. The molecule has 0 radical (unpaired) electrons. The zero-order valence-corrected chi connectivity index (χ0v) is 10.3. The molecule has 1 amide bonds. The van der Waals surface area contributed by atoms with E-state index in [1.165, 1.54) is 0 Å². The van der Waals surface area contributed by atoms with E-state index in [2.05, 4.69) is 4.98 Å². The second kappa shape index (κ2) is 5.28. The summed E-state index contributed by atoms with van der Waals surface area (Å²) in [5, 5.41) is -2.71. The maximum atomic E-state index is 13.6. The highest BCUT2D eigenvalue weighted by molar-refractivity contribution is 6.02. The number of anilines is 1. The molecule has 124 valence electrons. The molecule has 23 heavy (non-hydrogen) atoms. The summed E-state index contributed by atoms with van der Waals surface area (Å²) >= 11 is 0. The van der Waals surface area contributed by atoms with Crippen LogP contribution in [0.15, 0.2) is 0 Å². The molecule has 2 rings (SSSR count). The predicted molar refractivity (Wildman–Crippen MR) is 56.2 cm³/mol. The zero-order valence-electron chi connectivity index (χ0n) is 10.3. The van der Waals surface area contributed by atoms with E-state index in [1.54, 1.807) is 0 Å². The highest BCUT2D eigenvalue weighted by Gasteiger charge is 2.40. The van der Waals surface area contributed by atoms with Crippen molar-refractivity contribution in [3.8, 4) is 0 Å². The van der Waals surface area contributed by atoms with Crippen molar-refractivity contribution in [3.63, 3.8) is 0 Å². The summed E-state index contributed by atoms with van der Waals surface area (Å²) in [5.41, 5.74) is 0. The third kappa shape index (κ3) is 2.64. The number of carbonyl (C=O) groups excluding carboxylic acids is 1. The van der Waals surface area contributed by atoms with Gasteiger partial charge in [0.25, 0.3) is 5.95 Å². The van der Waals surface area contributed by atoms with Gasteiger partial charge in [0.2, 0.25) is 0 Å². The number of hydrogen-bond acceptors (Lipinski definition) is 2. The molecule has 0 fully saturated rings. The van der Waals surface area contributed by atoms with Gasteiger partial charge in [-0.1, -0.05) is 0 Å². The summed E-state index contributed by atoms with van der Waals surface area (Å²) in [5.74, 6) is -18.8. The van der Waals surface area contributed by atoms with Crippen molar-refractivity contribution in [1.82, 2.24) is 4.98 Å². The lowest BCUT2D eigenvalue weighted by molar-refractivity contribution is -0.167. The maximum Gasteiger partial charge on any atom is 0.471 e. The molecular formula is C11HF9N2O. The largest absolute Gasteiger partial charge is 0.471 e. The van der Waals surface area contributed by atoms with Crippen molar-refractivity contribution in [2.24, 2.45) is 0 Å². The number of halogens is 9. The Bertz CT molecular complexity index is 831. The molecule has 1 N–H and O–H groups in total. The van der Waals surface area contributed by atoms with Crippen molar-refractivity contribution < 1.29 is 44.3 Å². The van der Waals surface area contributed by atoms with Gasteiger partial charge in [-0.3, -0.25) is 4.79 Å². The lowest BCUT2D eigenvalue weighted by Crippen LogP contribution is -2.30. The van der Waals surface area contributed by atoms with Crippen molar-refractivity contribution in [2.45, 2.75) is 6.18 Å². The van der Waals surface area contributed by atoms with Gasteiger partial charge in [-0.2, -0.15) is 22.5 Å². The molecule has 12 heteroatoms. The van der Waals surface area contributed by atoms with Crippen molar-refractivity contribution in [3.05, 3.63) is 35.0 Å². The number of carbonyl (C=O) groups is 1. The first kappa shape index (κ1) is 16.8. The molecule has 3 nitrogen and oxygen atoms in total. The van der Waals surface area contributed by atoms with Crippen LogP contribution in [0.3, 0.4) is 0 Å². The fourth-order valence-electron chi connectivity index (χ4n) is 1.64. The van der Waals surface area contributed by atoms with Gasteiger partial charge in [0.15, 0.2) is 29.1 Å². The third-order valence-corrected chi connectivity index (χ3v) is 2.60. The molecule has 0 spiro atoms. The summed E-state index contributed by atoms with van der Waals surface area (Å²) < 4.78 is 116. The van der Waals surface area contributed by atoms with Gasteiger partial charge in [-0.15, -0.1) is 0 Å². The number of amides is 1. The highest BCUT2D eigenvalue weighted by Crippen LogP contribution is 2.34. The highest BCUT2D eigenvalue weighted by atomic mass is 19.4. The van der Waals surface area contributed by atoms with Crippen LogP contribution in [0.4, 0.5) is 45.3 Å². The van der Waals surface area contributed by atoms with Crippen LogP contribution < -0.4 is 5.32 Å². The first-order valence-corrected chi connectivity index (χ1v) is 5.35. The Morgan fingerprint density at radius 3 is 1.74 bits per heavy atom. The maximum absolute atomic E-state index is 13.6. The Kier molecular flexibility index (Phi) is 3.86. The minimum absolute atomic E-state index is 0.830. The average Bonchev–Trinajstić information content (AvgIpc) is 2.45. The lowest BCUT2D eigenvalue weighted by atomic mass is 10.1.